The third-order valence-corrected chi connectivity index (χ3v) is 5.24. The molecule has 0 aliphatic carbocycles. The summed E-state index contributed by atoms with van der Waals surface area (Å²) in [6.45, 7) is 3.10. The van der Waals surface area contributed by atoms with Gasteiger partial charge in [-0.05, 0) is 32.1 Å². The largest absolute Gasteiger partial charge is 0.459 e. The lowest BCUT2D eigenvalue weighted by atomic mass is 10.1. The van der Waals surface area contributed by atoms with Crippen molar-refractivity contribution in [3.63, 3.8) is 0 Å². The molecule has 2 aromatic heterocycles. The normalized spacial score (nSPS) is 19.4. The molecular formula is C22H24F3N5O4. The molecular weight excluding hydrogens is 455 g/mol. The second kappa shape index (κ2) is 9.47. The fraction of sp³-hybridized carbons (Fsp3) is 0.409. The number of halogens is 3. The van der Waals surface area contributed by atoms with Crippen LogP contribution in [0.1, 0.15) is 19.4 Å². The molecule has 4 heterocycles. The maximum Gasteiger partial charge on any atom is 0.401 e. The van der Waals surface area contributed by atoms with Crippen LogP contribution >= 0.6 is 0 Å². The summed E-state index contributed by atoms with van der Waals surface area (Å²) in [7, 11) is 0. The second-order valence-corrected chi connectivity index (χ2v) is 8.23. The number of esters is 1. The topological polar surface area (TPSA) is 99.8 Å². The molecule has 0 bridgehead atoms. The Labute approximate surface area is 193 Å². The van der Waals surface area contributed by atoms with Gasteiger partial charge in [0.1, 0.15) is 5.65 Å². The van der Waals surface area contributed by atoms with E-state index in [0.717, 1.165) is 5.39 Å². The van der Waals surface area contributed by atoms with Crippen molar-refractivity contribution in [2.75, 3.05) is 32.7 Å². The highest BCUT2D eigenvalue weighted by atomic mass is 19.4. The van der Waals surface area contributed by atoms with E-state index in [1.54, 1.807) is 37.3 Å². The minimum atomic E-state index is -4.27. The van der Waals surface area contributed by atoms with Gasteiger partial charge in [0, 0.05) is 49.5 Å². The van der Waals surface area contributed by atoms with E-state index in [1.807, 2.05) is 6.07 Å². The number of hydrogen-bond acceptors (Lipinski definition) is 8. The van der Waals surface area contributed by atoms with Crippen LogP contribution in [0.4, 0.5) is 13.2 Å². The van der Waals surface area contributed by atoms with E-state index in [2.05, 4.69) is 15.4 Å². The highest BCUT2D eigenvalue weighted by Crippen LogP contribution is 2.29. The minimum Gasteiger partial charge on any atom is -0.459 e. The Balaban J connectivity index is 1.54. The Hall–Kier alpha value is -3.38. The fourth-order valence-electron chi connectivity index (χ4n) is 3.72. The molecule has 0 amide bonds. The van der Waals surface area contributed by atoms with Gasteiger partial charge < -0.3 is 14.5 Å². The van der Waals surface area contributed by atoms with Crippen LogP contribution in [0, 0.1) is 0 Å². The molecule has 12 heteroatoms. The third-order valence-electron chi connectivity index (χ3n) is 5.24. The van der Waals surface area contributed by atoms with Crippen molar-refractivity contribution in [3.8, 4) is 0 Å². The first-order valence-corrected chi connectivity index (χ1v) is 10.7. The van der Waals surface area contributed by atoms with Crippen LogP contribution in [0.2, 0.25) is 0 Å². The lowest BCUT2D eigenvalue weighted by Crippen LogP contribution is -2.53. The zero-order chi connectivity index (χ0) is 24.5. The van der Waals surface area contributed by atoms with E-state index in [0.29, 0.717) is 11.2 Å². The van der Waals surface area contributed by atoms with Crippen molar-refractivity contribution < 1.29 is 32.2 Å². The Morgan fingerprint density at radius 3 is 2.74 bits per heavy atom. The number of ketones is 1. The van der Waals surface area contributed by atoms with Crippen LogP contribution in [0.5, 0.6) is 0 Å². The number of rotatable bonds is 6. The lowest BCUT2D eigenvalue weighted by Gasteiger charge is -2.35. The second-order valence-electron chi connectivity index (χ2n) is 8.23. The average molecular weight is 479 g/mol. The van der Waals surface area contributed by atoms with Gasteiger partial charge in [-0.2, -0.15) is 13.2 Å². The monoisotopic (exact) mass is 479 g/mol. The first-order valence-electron chi connectivity index (χ1n) is 10.7. The van der Waals surface area contributed by atoms with Gasteiger partial charge in [0.05, 0.1) is 12.6 Å². The molecule has 34 heavy (non-hydrogen) atoms. The van der Waals surface area contributed by atoms with Gasteiger partial charge in [0.2, 0.25) is 11.7 Å². The number of Topliss-reactive ketones (excluding diaryl/α,β-unsaturated/α-hetero) is 1. The van der Waals surface area contributed by atoms with Crippen molar-refractivity contribution in [2.45, 2.75) is 26.1 Å². The molecule has 0 atom stereocenters. The smallest absolute Gasteiger partial charge is 0.401 e. The van der Waals surface area contributed by atoms with E-state index in [1.165, 1.54) is 11.0 Å². The summed E-state index contributed by atoms with van der Waals surface area (Å²) in [4.78, 5) is 34.2. The van der Waals surface area contributed by atoms with Gasteiger partial charge in [-0.1, -0.05) is 0 Å². The zero-order valence-corrected chi connectivity index (χ0v) is 18.6. The standard InChI is InChI=1S/C22H24F3N5O4/c1-13(2)33-21(32)17-18(31)16(10-14-11-27-19-15(14)4-3-5-26-19)34-20(17)28-30-8-6-29(7-9-30)12-22(23,24)25/h3-5,10-11,13,28H,6-9,12H2,1-2H3,(H,26,27). The number of allylic oxidation sites excluding steroid dienone is 1. The first kappa shape index (κ1) is 23.8. The summed E-state index contributed by atoms with van der Waals surface area (Å²) < 4.78 is 48.9. The number of carbonyl (C=O) groups excluding carboxylic acids is 2. The van der Waals surface area contributed by atoms with Crippen LogP contribution in [-0.4, -0.2) is 76.6 Å². The highest BCUT2D eigenvalue weighted by Gasteiger charge is 2.39. The molecule has 0 saturated carbocycles. The fourth-order valence-corrected chi connectivity index (χ4v) is 3.72. The summed E-state index contributed by atoms with van der Waals surface area (Å²) >= 11 is 0. The number of alkyl halides is 3. The van der Waals surface area contributed by atoms with Crippen LogP contribution in [-0.2, 0) is 19.1 Å². The van der Waals surface area contributed by atoms with Gasteiger partial charge >= 0.3 is 12.1 Å². The number of pyridine rings is 1. The number of nitrogens with zero attached hydrogens (tertiary/aromatic N) is 3. The molecule has 2 N–H and O–H groups in total. The van der Waals surface area contributed by atoms with Crippen molar-refractivity contribution in [1.29, 1.82) is 0 Å². The molecule has 1 fully saturated rings. The molecule has 182 valence electrons. The Morgan fingerprint density at radius 2 is 2.06 bits per heavy atom. The lowest BCUT2D eigenvalue weighted by molar-refractivity contribution is -0.150. The third kappa shape index (κ3) is 5.39. The number of piperazine rings is 1. The van der Waals surface area contributed by atoms with Crippen molar-refractivity contribution in [3.05, 3.63) is 47.3 Å². The summed E-state index contributed by atoms with van der Waals surface area (Å²) in [5, 5.41) is 2.37. The van der Waals surface area contributed by atoms with E-state index in [4.69, 9.17) is 9.47 Å². The van der Waals surface area contributed by atoms with Crippen LogP contribution in [0.15, 0.2) is 41.7 Å². The zero-order valence-electron chi connectivity index (χ0n) is 18.6. The van der Waals surface area contributed by atoms with Crippen LogP contribution in [0.3, 0.4) is 0 Å². The van der Waals surface area contributed by atoms with E-state index in [9.17, 15) is 22.8 Å². The molecule has 0 aromatic carbocycles. The van der Waals surface area contributed by atoms with Crippen molar-refractivity contribution in [2.24, 2.45) is 0 Å². The van der Waals surface area contributed by atoms with E-state index in [-0.39, 0.29) is 43.4 Å². The van der Waals surface area contributed by atoms with Crippen LogP contribution in [0.25, 0.3) is 17.1 Å². The highest BCUT2D eigenvalue weighted by molar-refractivity contribution is 6.26. The molecule has 0 spiro atoms. The number of H-pyrrole nitrogens is 1. The number of ether oxygens (including phenoxy) is 2. The van der Waals surface area contributed by atoms with E-state index < -0.39 is 30.6 Å². The molecule has 4 rings (SSSR count). The Morgan fingerprint density at radius 1 is 1.32 bits per heavy atom. The molecule has 0 radical (unpaired) electrons. The van der Waals surface area contributed by atoms with Crippen molar-refractivity contribution in [1.82, 2.24) is 25.3 Å². The Kier molecular flexibility index (Phi) is 6.62. The SMILES string of the molecule is CC(C)OC(=O)C1=C(NN2CCN(CC(F)(F)F)CC2)OC(=Cc2c[nH]c3ncccc23)C1=O. The average Bonchev–Trinajstić information content (AvgIpc) is 3.29. The van der Waals surface area contributed by atoms with Gasteiger partial charge in [-0.25, -0.2) is 14.8 Å². The number of hydrazine groups is 1. The predicted molar refractivity (Wildman–Crippen MR) is 116 cm³/mol. The number of hydrogen-bond donors (Lipinski definition) is 2. The summed E-state index contributed by atoms with van der Waals surface area (Å²) in [6.07, 6.45) is 0.0584. The first-order chi connectivity index (χ1) is 16.1. The van der Waals surface area contributed by atoms with Gasteiger partial charge in [-0.15, -0.1) is 0 Å². The molecule has 9 nitrogen and oxygen atoms in total. The molecule has 2 aliphatic heterocycles. The molecule has 1 saturated heterocycles. The van der Waals surface area contributed by atoms with Crippen molar-refractivity contribution >= 4 is 28.9 Å². The number of fused-ring (bicyclic) bond motifs is 1. The number of nitrogens with one attached hydrogen (secondary N) is 2. The van der Waals surface area contributed by atoms with Gasteiger partial charge in [-0.3, -0.25) is 15.1 Å². The van der Waals surface area contributed by atoms with E-state index >= 15 is 0 Å². The number of aromatic nitrogens is 2. The summed E-state index contributed by atoms with van der Waals surface area (Å²) in [5.41, 5.74) is 3.86. The molecule has 2 aliphatic rings. The summed E-state index contributed by atoms with van der Waals surface area (Å²) in [6, 6.07) is 3.58. The van der Waals surface area contributed by atoms with Gasteiger partial charge in [0.25, 0.3) is 0 Å². The Bertz CT molecular complexity index is 1150. The maximum atomic E-state index is 13.1. The summed E-state index contributed by atoms with van der Waals surface area (Å²) in [5.74, 6) is -1.69. The molecule has 0 unspecified atom stereocenters. The quantitative estimate of drug-likeness (QED) is 0.370. The molecule has 2 aromatic rings. The predicted octanol–water partition coefficient (Wildman–Crippen LogP) is 2.35. The van der Waals surface area contributed by atoms with Gasteiger partial charge in [0.15, 0.2) is 11.3 Å². The van der Waals surface area contributed by atoms with Crippen LogP contribution < -0.4 is 5.43 Å². The minimum absolute atomic E-state index is 0.0846. The number of aromatic amines is 1. The maximum absolute atomic E-state index is 13.1. The number of carbonyl (C=O) groups is 2.